The van der Waals surface area contributed by atoms with Crippen LogP contribution in [0.4, 0.5) is 5.69 Å². The lowest BCUT2D eigenvalue weighted by atomic mass is 9.92. The van der Waals surface area contributed by atoms with Gasteiger partial charge in [0.2, 0.25) is 0 Å². The number of amides is 1. The summed E-state index contributed by atoms with van der Waals surface area (Å²) >= 11 is 0. The van der Waals surface area contributed by atoms with Gasteiger partial charge in [-0.05, 0) is 18.3 Å². The molecule has 27 heavy (non-hydrogen) atoms. The normalized spacial score (nSPS) is 21.5. The van der Waals surface area contributed by atoms with Crippen LogP contribution < -0.4 is 9.47 Å². The van der Waals surface area contributed by atoms with Gasteiger partial charge in [-0.3, -0.25) is 14.9 Å². The maximum atomic E-state index is 12.4. The number of ether oxygens (including phenoxy) is 3. The summed E-state index contributed by atoms with van der Waals surface area (Å²) in [5.74, 6) is -0.0349. The molecule has 0 saturated carbocycles. The highest BCUT2D eigenvalue weighted by molar-refractivity contribution is 5.96. The summed E-state index contributed by atoms with van der Waals surface area (Å²) in [5, 5.41) is 11.3. The molecule has 1 amide bonds. The molecular weight excluding hydrogens is 356 g/mol. The van der Waals surface area contributed by atoms with Crippen molar-refractivity contribution in [3.8, 4) is 11.5 Å². The first-order valence-corrected chi connectivity index (χ1v) is 8.88. The van der Waals surface area contributed by atoms with Crippen molar-refractivity contribution in [1.82, 2.24) is 4.90 Å². The predicted molar refractivity (Wildman–Crippen MR) is 93.9 cm³/mol. The minimum absolute atomic E-state index is 0.205. The van der Waals surface area contributed by atoms with Gasteiger partial charge in [0.1, 0.15) is 18.8 Å². The fraction of sp³-hybridized carbons (Fsp3) is 0.556. The van der Waals surface area contributed by atoms with E-state index in [1.807, 2.05) is 0 Å². The zero-order valence-corrected chi connectivity index (χ0v) is 15.3. The highest BCUT2D eigenvalue weighted by Crippen LogP contribution is 2.36. The summed E-state index contributed by atoms with van der Waals surface area (Å²) in [6, 6.07) is 2.37. The number of hydrogen-bond acceptors (Lipinski definition) is 7. The largest absolute Gasteiger partial charge is 0.486 e. The number of nitro groups is 1. The van der Waals surface area contributed by atoms with E-state index in [1.54, 1.807) is 4.90 Å². The van der Waals surface area contributed by atoms with Crippen LogP contribution in [0.25, 0.3) is 0 Å². The van der Waals surface area contributed by atoms with Gasteiger partial charge in [-0.1, -0.05) is 13.8 Å². The van der Waals surface area contributed by atoms with Crippen molar-refractivity contribution in [2.24, 2.45) is 11.8 Å². The monoisotopic (exact) mass is 378 g/mol. The molecule has 0 bridgehead atoms. The van der Waals surface area contributed by atoms with E-state index in [2.05, 4.69) is 13.8 Å². The Morgan fingerprint density at radius 2 is 1.78 bits per heavy atom. The third kappa shape index (κ3) is 4.29. The Balaban J connectivity index is 1.70. The molecule has 1 fully saturated rings. The lowest BCUT2D eigenvalue weighted by Crippen LogP contribution is -2.44. The molecule has 2 aliphatic rings. The average Bonchev–Trinajstić information content (AvgIpc) is 2.63. The Morgan fingerprint density at radius 3 is 2.37 bits per heavy atom. The van der Waals surface area contributed by atoms with Crippen LogP contribution in [0, 0.1) is 22.0 Å². The predicted octanol–water partition coefficient (Wildman–Crippen LogP) is 2.03. The minimum atomic E-state index is -0.940. The molecule has 2 aliphatic heterocycles. The number of carbonyl (C=O) groups is 2. The summed E-state index contributed by atoms with van der Waals surface area (Å²) in [7, 11) is 0. The second-order valence-electron chi connectivity index (χ2n) is 7.09. The van der Waals surface area contributed by atoms with Gasteiger partial charge in [0, 0.05) is 19.2 Å². The number of rotatable bonds is 4. The van der Waals surface area contributed by atoms with Gasteiger partial charge in [0.15, 0.2) is 18.1 Å². The third-order valence-corrected chi connectivity index (χ3v) is 4.63. The van der Waals surface area contributed by atoms with Crippen LogP contribution in [0.3, 0.4) is 0 Å². The molecule has 9 heteroatoms. The first-order valence-electron chi connectivity index (χ1n) is 8.88. The number of nitro benzene ring substituents is 1. The Hall–Kier alpha value is -2.84. The van der Waals surface area contributed by atoms with Gasteiger partial charge in [0.05, 0.1) is 11.0 Å². The highest BCUT2D eigenvalue weighted by Gasteiger charge is 2.29. The van der Waals surface area contributed by atoms with Gasteiger partial charge in [-0.2, -0.15) is 0 Å². The second kappa shape index (κ2) is 7.81. The first-order chi connectivity index (χ1) is 12.8. The maximum absolute atomic E-state index is 12.4. The number of esters is 1. The van der Waals surface area contributed by atoms with E-state index in [9.17, 15) is 19.7 Å². The zero-order valence-electron chi connectivity index (χ0n) is 15.3. The molecule has 2 unspecified atom stereocenters. The van der Waals surface area contributed by atoms with Crippen molar-refractivity contribution in [2.45, 2.75) is 20.3 Å². The van der Waals surface area contributed by atoms with Gasteiger partial charge < -0.3 is 19.1 Å². The molecule has 1 aromatic rings. The highest BCUT2D eigenvalue weighted by atomic mass is 16.6. The Morgan fingerprint density at radius 1 is 1.19 bits per heavy atom. The Labute approximate surface area is 156 Å². The SMILES string of the molecule is CC1CC(C)CN(C(=O)COC(=O)c2cc3c(cc2[N+](=O)[O-])OCCO3)C1. The van der Waals surface area contributed by atoms with E-state index in [-0.39, 0.29) is 36.2 Å². The van der Waals surface area contributed by atoms with Crippen molar-refractivity contribution in [1.29, 1.82) is 0 Å². The lowest BCUT2D eigenvalue weighted by Gasteiger charge is -2.34. The van der Waals surface area contributed by atoms with E-state index in [4.69, 9.17) is 14.2 Å². The summed E-state index contributed by atoms with van der Waals surface area (Å²) in [5.41, 5.74) is -0.714. The van der Waals surface area contributed by atoms with Crippen molar-refractivity contribution in [2.75, 3.05) is 32.9 Å². The molecule has 9 nitrogen and oxygen atoms in total. The molecule has 0 aromatic heterocycles. The van der Waals surface area contributed by atoms with Crippen LogP contribution in [0.5, 0.6) is 11.5 Å². The van der Waals surface area contributed by atoms with Crippen LogP contribution in [-0.2, 0) is 9.53 Å². The smallest absolute Gasteiger partial charge is 0.345 e. The third-order valence-electron chi connectivity index (χ3n) is 4.63. The fourth-order valence-corrected chi connectivity index (χ4v) is 3.56. The van der Waals surface area contributed by atoms with Crippen LogP contribution in [0.15, 0.2) is 12.1 Å². The van der Waals surface area contributed by atoms with E-state index in [1.165, 1.54) is 6.07 Å². The van der Waals surface area contributed by atoms with E-state index >= 15 is 0 Å². The van der Waals surface area contributed by atoms with E-state index in [0.717, 1.165) is 12.5 Å². The van der Waals surface area contributed by atoms with Crippen molar-refractivity contribution in [3.05, 3.63) is 27.8 Å². The fourth-order valence-electron chi connectivity index (χ4n) is 3.56. The van der Waals surface area contributed by atoms with Crippen molar-refractivity contribution in [3.63, 3.8) is 0 Å². The average molecular weight is 378 g/mol. The molecule has 0 spiro atoms. The number of fused-ring (bicyclic) bond motifs is 1. The molecular formula is C18H22N2O7. The molecule has 146 valence electrons. The van der Waals surface area contributed by atoms with E-state index < -0.39 is 23.2 Å². The quantitative estimate of drug-likeness (QED) is 0.448. The zero-order chi connectivity index (χ0) is 19.6. The summed E-state index contributed by atoms with van der Waals surface area (Å²) in [6.07, 6.45) is 1.05. The van der Waals surface area contributed by atoms with Crippen LogP contribution in [-0.4, -0.2) is 54.6 Å². The Kier molecular flexibility index (Phi) is 5.48. The number of nitrogens with zero attached hydrogens (tertiary/aromatic N) is 2. The van der Waals surface area contributed by atoms with E-state index in [0.29, 0.717) is 24.9 Å². The van der Waals surface area contributed by atoms with Crippen LogP contribution >= 0.6 is 0 Å². The maximum Gasteiger partial charge on any atom is 0.345 e. The lowest BCUT2D eigenvalue weighted by molar-refractivity contribution is -0.385. The van der Waals surface area contributed by atoms with Crippen molar-refractivity contribution >= 4 is 17.6 Å². The molecule has 0 radical (unpaired) electrons. The Bertz CT molecular complexity index is 754. The number of carbonyl (C=O) groups excluding carboxylic acids is 2. The minimum Gasteiger partial charge on any atom is -0.486 e. The molecule has 3 rings (SSSR count). The molecule has 2 heterocycles. The number of piperidine rings is 1. The molecule has 2 atom stereocenters. The van der Waals surface area contributed by atoms with Gasteiger partial charge in [0.25, 0.3) is 11.6 Å². The topological polar surface area (TPSA) is 108 Å². The number of hydrogen-bond donors (Lipinski definition) is 0. The summed E-state index contributed by atoms with van der Waals surface area (Å²) in [6.45, 7) is 5.47. The standard InChI is InChI=1S/C18H22N2O7/c1-11-5-12(2)9-19(8-11)17(21)10-27-18(22)13-6-15-16(26-4-3-25-15)7-14(13)20(23)24/h6-7,11-12H,3-5,8-10H2,1-2H3. The van der Waals surface area contributed by atoms with Gasteiger partial charge in [-0.25, -0.2) is 4.79 Å². The molecule has 0 aliphatic carbocycles. The first kappa shape index (κ1) is 18.9. The van der Waals surface area contributed by atoms with Gasteiger partial charge >= 0.3 is 5.97 Å². The molecule has 1 aromatic carbocycles. The number of benzene rings is 1. The number of likely N-dealkylation sites (tertiary alicyclic amines) is 1. The van der Waals surface area contributed by atoms with Crippen LogP contribution in [0.1, 0.15) is 30.6 Å². The molecule has 1 saturated heterocycles. The molecule has 0 N–H and O–H groups in total. The van der Waals surface area contributed by atoms with Gasteiger partial charge in [-0.15, -0.1) is 0 Å². The van der Waals surface area contributed by atoms with Crippen molar-refractivity contribution < 1.29 is 28.7 Å². The van der Waals surface area contributed by atoms with Crippen LogP contribution in [0.2, 0.25) is 0 Å². The summed E-state index contributed by atoms with van der Waals surface area (Å²) in [4.78, 5) is 37.0. The summed E-state index contributed by atoms with van der Waals surface area (Å²) < 4.78 is 15.7. The second-order valence-corrected chi connectivity index (χ2v) is 7.09.